The fraction of sp³-hybridized carbons (Fsp3) is 0.375. The first-order valence-electron chi connectivity index (χ1n) is 10.5. The molecule has 0 bridgehead atoms. The van der Waals surface area contributed by atoms with E-state index in [4.69, 9.17) is 0 Å². The van der Waals surface area contributed by atoms with Crippen LogP contribution >= 0.6 is 0 Å². The van der Waals surface area contributed by atoms with E-state index in [0.717, 1.165) is 23.4 Å². The fourth-order valence-corrected chi connectivity index (χ4v) is 3.48. The van der Waals surface area contributed by atoms with E-state index in [2.05, 4.69) is 4.98 Å². The smallest absolute Gasteiger partial charge is 0.255 e. The molecule has 0 fully saturated rings. The van der Waals surface area contributed by atoms with Gasteiger partial charge >= 0.3 is 0 Å². The molecule has 7 heteroatoms. The highest BCUT2D eigenvalue weighted by molar-refractivity contribution is 5.96. The molecule has 2 heterocycles. The number of pyridine rings is 1. The van der Waals surface area contributed by atoms with Crippen LogP contribution in [0.1, 0.15) is 28.5 Å². The third kappa shape index (κ3) is 5.11. The number of aryl methyl sites for hydroxylation is 1. The summed E-state index contributed by atoms with van der Waals surface area (Å²) in [7, 11) is 7.54. The minimum atomic E-state index is -0.0558. The molecule has 3 rings (SSSR count). The summed E-state index contributed by atoms with van der Waals surface area (Å²) in [5.41, 5.74) is 3.08. The molecular formula is C24H31N5O2. The summed E-state index contributed by atoms with van der Waals surface area (Å²) in [6.07, 6.45) is 2.78. The number of likely N-dealkylation sites (N-methyl/N-ethyl adjacent to an activating group) is 3. The quantitative estimate of drug-likeness (QED) is 0.561. The number of fused-ring (bicyclic) bond motifs is 1. The molecule has 1 aromatic carbocycles. The summed E-state index contributed by atoms with van der Waals surface area (Å²) in [4.78, 5) is 36.0. The van der Waals surface area contributed by atoms with Crippen LogP contribution < -0.4 is 4.90 Å². The number of imidazole rings is 1. The van der Waals surface area contributed by atoms with Crippen molar-refractivity contribution in [2.45, 2.75) is 19.8 Å². The van der Waals surface area contributed by atoms with Crippen molar-refractivity contribution in [1.82, 2.24) is 19.2 Å². The first-order chi connectivity index (χ1) is 14.8. The minimum Gasteiger partial charge on any atom is -0.340 e. The summed E-state index contributed by atoms with van der Waals surface area (Å²) >= 11 is 0. The molecule has 0 atom stereocenters. The van der Waals surface area contributed by atoms with Crippen molar-refractivity contribution in [1.29, 1.82) is 0 Å². The van der Waals surface area contributed by atoms with Gasteiger partial charge in [-0.2, -0.15) is 0 Å². The second-order valence-electron chi connectivity index (χ2n) is 8.03. The molecule has 0 N–H and O–H groups in total. The first-order valence-corrected chi connectivity index (χ1v) is 10.5. The second kappa shape index (κ2) is 9.75. The lowest BCUT2D eigenvalue weighted by atomic mass is 10.1. The predicted molar refractivity (Wildman–Crippen MR) is 124 cm³/mol. The maximum Gasteiger partial charge on any atom is 0.255 e. The van der Waals surface area contributed by atoms with Crippen LogP contribution in [0.5, 0.6) is 0 Å². The van der Waals surface area contributed by atoms with Gasteiger partial charge in [0.05, 0.1) is 17.7 Å². The molecule has 164 valence electrons. The van der Waals surface area contributed by atoms with E-state index in [1.807, 2.05) is 66.7 Å². The zero-order valence-corrected chi connectivity index (χ0v) is 19.0. The Balaban J connectivity index is 1.92. The van der Waals surface area contributed by atoms with Crippen molar-refractivity contribution >= 4 is 23.3 Å². The Morgan fingerprint density at radius 3 is 2.32 bits per heavy atom. The van der Waals surface area contributed by atoms with Gasteiger partial charge in [-0.3, -0.25) is 18.9 Å². The van der Waals surface area contributed by atoms with Crippen LogP contribution in [0.3, 0.4) is 0 Å². The second-order valence-corrected chi connectivity index (χ2v) is 8.03. The van der Waals surface area contributed by atoms with E-state index < -0.39 is 0 Å². The van der Waals surface area contributed by atoms with Crippen molar-refractivity contribution < 1.29 is 9.59 Å². The average Bonchev–Trinajstić information content (AvgIpc) is 3.14. The lowest BCUT2D eigenvalue weighted by Gasteiger charge is -2.21. The number of rotatable bonds is 8. The highest BCUT2D eigenvalue weighted by Crippen LogP contribution is 2.24. The molecule has 0 saturated heterocycles. The Hall–Kier alpha value is -3.19. The Bertz CT molecular complexity index is 1060. The summed E-state index contributed by atoms with van der Waals surface area (Å²) in [6, 6.07) is 13.3. The molecule has 0 aliphatic heterocycles. The van der Waals surface area contributed by atoms with E-state index in [1.54, 1.807) is 36.2 Å². The van der Waals surface area contributed by atoms with Gasteiger partial charge in [0.15, 0.2) is 0 Å². The van der Waals surface area contributed by atoms with Crippen molar-refractivity contribution in [2.75, 3.05) is 46.2 Å². The molecule has 0 saturated carbocycles. The Morgan fingerprint density at radius 2 is 1.68 bits per heavy atom. The number of hydrogen-bond acceptors (Lipinski definition) is 4. The minimum absolute atomic E-state index is 0.0254. The number of carbonyl (C=O) groups is 2. The Labute approximate surface area is 183 Å². The molecule has 2 aromatic heterocycles. The molecule has 0 aliphatic carbocycles. The third-order valence-corrected chi connectivity index (χ3v) is 5.36. The van der Waals surface area contributed by atoms with E-state index >= 15 is 0 Å². The van der Waals surface area contributed by atoms with Crippen LogP contribution in [0.4, 0.5) is 5.82 Å². The highest BCUT2D eigenvalue weighted by Gasteiger charge is 2.22. The third-order valence-electron chi connectivity index (χ3n) is 5.36. The largest absolute Gasteiger partial charge is 0.340 e. The van der Waals surface area contributed by atoms with Gasteiger partial charge in [-0.05, 0) is 38.2 Å². The van der Waals surface area contributed by atoms with Crippen LogP contribution in [-0.2, 0) is 17.6 Å². The van der Waals surface area contributed by atoms with Crippen molar-refractivity contribution in [2.24, 2.45) is 0 Å². The van der Waals surface area contributed by atoms with E-state index in [-0.39, 0.29) is 11.8 Å². The summed E-state index contributed by atoms with van der Waals surface area (Å²) in [5.74, 6) is 0.631. The van der Waals surface area contributed by atoms with Gasteiger partial charge < -0.3 is 9.80 Å². The Morgan fingerprint density at radius 1 is 0.968 bits per heavy atom. The van der Waals surface area contributed by atoms with E-state index in [1.165, 1.54) is 0 Å². The maximum absolute atomic E-state index is 13.0. The number of nitrogens with zero attached hydrogens (tertiary/aromatic N) is 5. The van der Waals surface area contributed by atoms with E-state index in [0.29, 0.717) is 30.8 Å². The van der Waals surface area contributed by atoms with Crippen LogP contribution in [0.15, 0.2) is 48.7 Å². The number of hydrogen-bond donors (Lipinski definition) is 0. The first kappa shape index (κ1) is 22.5. The normalized spacial score (nSPS) is 11.2. The van der Waals surface area contributed by atoms with Gasteiger partial charge in [-0.1, -0.05) is 37.3 Å². The van der Waals surface area contributed by atoms with Gasteiger partial charge in [0, 0.05) is 33.4 Å². The molecule has 0 aliphatic rings. The van der Waals surface area contributed by atoms with Crippen molar-refractivity contribution in [3.63, 3.8) is 0 Å². The van der Waals surface area contributed by atoms with Gasteiger partial charge in [0.1, 0.15) is 11.5 Å². The molecule has 3 aromatic rings. The topological polar surface area (TPSA) is 61.2 Å². The maximum atomic E-state index is 13.0. The molecule has 0 radical (unpaired) electrons. The summed E-state index contributed by atoms with van der Waals surface area (Å²) < 4.78 is 1.86. The van der Waals surface area contributed by atoms with Crippen molar-refractivity contribution in [3.8, 4) is 0 Å². The van der Waals surface area contributed by atoms with Gasteiger partial charge in [-0.15, -0.1) is 0 Å². The Kier molecular flexibility index (Phi) is 7.07. The number of amides is 2. The summed E-state index contributed by atoms with van der Waals surface area (Å²) in [5, 5.41) is 0. The average molecular weight is 422 g/mol. The molecular weight excluding hydrogens is 390 g/mol. The molecule has 31 heavy (non-hydrogen) atoms. The van der Waals surface area contributed by atoms with E-state index in [9.17, 15) is 9.59 Å². The van der Waals surface area contributed by atoms with Gasteiger partial charge in [0.2, 0.25) is 5.91 Å². The van der Waals surface area contributed by atoms with Crippen LogP contribution in [0.2, 0.25) is 0 Å². The molecule has 0 unspecified atom stereocenters. The SMILES string of the molecule is CCc1nc2ccc(C(=O)N(C)CCN(C)C)cn2c1N(C)C(=O)Cc1ccccc1. The fourth-order valence-electron chi connectivity index (χ4n) is 3.48. The number of aromatic nitrogens is 2. The zero-order chi connectivity index (χ0) is 22.5. The highest BCUT2D eigenvalue weighted by atomic mass is 16.2. The monoisotopic (exact) mass is 421 g/mol. The standard InChI is InChI=1S/C24H31N5O2/c1-6-20-23(28(5)22(30)16-18-10-8-7-9-11-18)29-17-19(12-13-21(29)25-20)24(31)27(4)15-14-26(2)3/h7-13,17H,6,14-16H2,1-5H3. The number of carbonyl (C=O) groups excluding carboxylic acids is 2. The van der Waals surface area contributed by atoms with Crippen molar-refractivity contribution in [3.05, 3.63) is 65.5 Å². The van der Waals surface area contributed by atoms with Crippen LogP contribution in [0.25, 0.3) is 5.65 Å². The number of anilines is 1. The molecule has 0 spiro atoms. The van der Waals surface area contributed by atoms with Crippen LogP contribution in [-0.4, -0.2) is 72.3 Å². The lowest BCUT2D eigenvalue weighted by Crippen LogP contribution is -2.33. The van der Waals surface area contributed by atoms with Gasteiger partial charge in [0.25, 0.3) is 5.91 Å². The van der Waals surface area contributed by atoms with Gasteiger partial charge in [-0.25, -0.2) is 4.98 Å². The predicted octanol–water partition coefficient (Wildman–Crippen LogP) is 2.74. The zero-order valence-electron chi connectivity index (χ0n) is 19.0. The van der Waals surface area contributed by atoms with Crippen LogP contribution in [0, 0.1) is 0 Å². The molecule has 2 amide bonds. The molecule has 7 nitrogen and oxygen atoms in total. The lowest BCUT2D eigenvalue weighted by molar-refractivity contribution is -0.117. The number of benzene rings is 1. The summed E-state index contributed by atoms with van der Waals surface area (Å²) in [6.45, 7) is 3.44.